The molecule has 2 rings (SSSR count). The summed E-state index contributed by atoms with van der Waals surface area (Å²) in [5.74, 6) is -3.03. The third-order valence-electron chi connectivity index (χ3n) is 16.0. The number of phenols is 1. The van der Waals surface area contributed by atoms with Crippen molar-refractivity contribution in [3.05, 3.63) is 65.7 Å². The zero-order chi connectivity index (χ0) is 70.3. The van der Waals surface area contributed by atoms with Gasteiger partial charge in [0, 0.05) is 113 Å². The number of aromatic hydroxyl groups is 1. The first-order valence-corrected chi connectivity index (χ1v) is 35.8. The van der Waals surface area contributed by atoms with E-state index < -0.39 is 109 Å². The van der Waals surface area contributed by atoms with Gasteiger partial charge in [0.15, 0.2) is 5.12 Å². The fourth-order valence-corrected chi connectivity index (χ4v) is 12.0. The van der Waals surface area contributed by atoms with Crippen LogP contribution in [0.1, 0.15) is 176 Å². The van der Waals surface area contributed by atoms with E-state index in [0.29, 0.717) is 68.6 Å². The SMILES string of the molecule is CCSC(=O)C[C@H](C)NC(=O)C[C@@H](NC(=O)C[C@@H](NC(=O)C[C@H](CCCCN)NC(=O)C[C@H](CC(C)C)NC(=O)C[C@H](Cc1ccc(O)cc1)NC(=O)C[C@H](CO)NC(=O)C[C@@H](NC(=O)C[C@H](CCSC)NC(=O)C[C@@H](N)Cc1ccccc1)[C@@H](C)CC)[C@@H](C)O)C(C)C. The van der Waals surface area contributed by atoms with Gasteiger partial charge in [0.25, 0.3) is 0 Å². The van der Waals surface area contributed by atoms with Crippen molar-refractivity contribution in [2.45, 2.75) is 244 Å². The van der Waals surface area contributed by atoms with Gasteiger partial charge in [-0.15, -0.1) is 0 Å². The number of carbonyl (C=O) groups excluding carboxylic acids is 10. The van der Waals surface area contributed by atoms with E-state index in [9.17, 15) is 63.3 Å². The third-order valence-corrected chi connectivity index (χ3v) is 17.4. The largest absolute Gasteiger partial charge is 0.508 e. The Hall–Kier alpha value is -6.32. The van der Waals surface area contributed by atoms with Gasteiger partial charge in [-0.2, -0.15) is 11.8 Å². The molecule has 0 bridgehead atoms. The predicted octanol–water partition coefficient (Wildman–Crippen LogP) is 4.07. The average molecular weight is 1360 g/mol. The number of amides is 9. The number of unbranched alkanes of at least 4 members (excludes halogenated alkanes) is 1. The minimum absolute atomic E-state index is 0.00888. The first-order chi connectivity index (χ1) is 44.5. The quantitative estimate of drug-likeness (QED) is 0.0415. The van der Waals surface area contributed by atoms with E-state index >= 15 is 0 Å². The number of rotatable bonds is 48. The van der Waals surface area contributed by atoms with Crippen molar-refractivity contribution in [2.24, 2.45) is 29.2 Å². The van der Waals surface area contributed by atoms with Gasteiger partial charge in [-0.05, 0) is 118 Å². The van der Waals surface area contributed by atoms with Crippen LogP contribution in [0, 0.1) is 17.8 Å². The summed E-state index contributed by atoms with van der Waals surface area (Å²) in [7, 11) is 0. The van der Waals surface area contributed by atoms with Crippen molar-refractivity contribution in [3.8, 4) is 5.75 Å². The van der Waals surface area contributed by atoms with E-state index in [0.717, 1.165) is 5.56 Å². The molecule has 12 atom stereocenters. The maximum atomic E-state index is 14.1. The van der Waals surface area contributed by atoms with E-state index in [-0.39, 0.29) is 117 Å². The summed E-state index contributed by atoms with van der Waals surface area (Å²) in [6.07, 6.45) is 3.19. The molecule has 26 heteroatoms. The monoisotopic (exact) mass is 1360 g/mol. The average Bonchev–Trinajstić information content (AvgIpc) is 1.02. The Labute approximate surface area is 566 Å². The Bertz CT molecular complexity index is 2620. The maximum absolute atomic E-state index is 14.1. The highest BCUT2D eigenvalue weighted by molar-refractivity contribution is 8.13. The Morgan fingerprint density at radius 2 is 0.957 bits per heavy atom. The molecule has 530 valence electrons. The minimum atomic E-state index is -1.16. The smallest absolute Gasteiger partial charge is 0.222 e. The van der Waals surface area contributed by atoms with Crippen LogP contribution in [0.5, 0.6) is 5.75 Å². The Morgan fingerprint density at radius 1 is 0.500 bits per heavy atom. The lowest BCUT2D eigenvalue weighted by atomic mass is 9.95. The second kappa shape index (κ2) is 46.7. The summed E-state index contributed by atoms with van der Waals surface area (Å²) < 4.78 is 0. The second-order valence-corrected chi connectivity index (χ2v) is 28.0. The summed E-state index contributed by atoms with van der Waals surface area (Å²) in [5, 5.41) is 57.1. The fraction of sp³-hybridized carbons (Fsp3) is 0.676. The summed E-state index contributed by atoms with van der Waals surface area (Å²) in [6.45, 7) is 16.2. The standard InChI is InChI=1S/C68H113N11O13S2/c1-11-44(7)57(78-63(87)34-51(25-27-93-10)73-59(83)32-49(70)30-47-18-14-13-15-19-47)39-66(90)76-54(41-80)37-62(86)75-53(31-48-21-23-55(82)24-22-48)36-61(85)74-52(28-42(3)4)35-60(84)72-50(20-16-17-26-69)33-64(88)79-58(46(9)81)40-67(91)77-56(43(5)6)38-65(89)71-45(8)29-68(92)94-12-2/h13-15,18-19,21-24,42-46,49-54,56-58,80-82H,11-12,16-17,20,25-41,69-70H2,1-10H3,(H,71,89)(H,72,84)(H,73,83)(H,74,85)(H,75,86)(H,76,90)(H,77,91)(H,78,87)(H,79,88)/t44-,45-,46+,49-,50-,51-,52-,53-,54+,56+,57+,58+/m0/s1. The number of aliphatic hydroxyl groups is 2. The molecule has 2 aromatic rings. The van der Waals surface area contributed by atoms with Crippen LogP contribution in [-0.4, -0.2) is 171 Å². The van der Waals surface area contributed by atoms with Crippen LogP contribution in [0.25, 0.3) is 0 Å². The number of benzene rings is 2. The molecular weight excluding hydrogens is 1240 g/mol. The van der Waals surface area contributed by atoms with Gasteiger partial charge < -0.3 is 74.6 Å². The van der Waals surface area contributed by atoms with Gasteiger partial charge in [0.2, 0.25) is 53.2 Å². The first-order valence-electron chi connectivity index (χ1n) is 33.4. The minimum Gasteiger partial charge on any atom is -0.508 e. The van der Waals surface area contributed by atoms with Crippen LogP contribution in [0.3, 0.4) is 0 Å². The number of hydrogen-bond donors (Lipinski definition) is 14. The Balaban J connectivity index is 2.16. The van der Waals surface area contributed by atoms with Crippen LogP contribution < -0.4 is 59.3 Å². The lowest BCUT2D eigenvalue weighted by Gasteiger charge is -2.27. The zero-order valence-electron chi connectivity index (χ0n) is 57.2. The van der Waals surface area contributed by atoms with E-state index in [1.807, 2.05) is 85.1 Å². The normalized spacial score (nSPS) is 15.2. The molecule has 16 N–H and O–H groups in total. The number of thioether (sulfide) groups is 2. The van der Waals surface area contributed by atoms with Crippen LogP contribution in [0.4, 0.5) is 0 Å². The van der Waals surface area contributed by atoms with Crippen molar-refractivity contribution in [1.29, 1.82) is 0 Å². The van der Waals surface area contributed by atoms with Crippen LogP contribution in [-0.2, 0) is 60.8 Å². The number of aliphatic hydroxyl groups excluding tert-OH is 2. The van der Waals surface area contributed by atoms with Crippen molar-refractivity contribution in [3.63, 3.8) is 0 Å². The van der Waals surface area contributed by atoms with Crippen LogP contribution >= 0.6 is 23.5 Å². The maximum Gasteiger partial charge on any atom is 0.222 e. The van der Waals surface area contributed by atoms with Gasteiger partial charge in [-0.1, -0.05) is 116 Å². The number of phenolic OH excluding ortho intramolecular Hbond substituents is 1. The molecule has 24 nitrogen and oxygen atoms in total. The first kappa shape index (κ1) is 83.8. The van der Waals surface area contributed by atoms with Crippen molar-refractivity contribution >= 4 is 81.8 Å². The highest BCUT2D eigenvalue weighted by atomic mass is 32.2. The molecule has 94 heavy (non-hydrogen) atoms. The van der Waals surface area contributed by atoms with Gasteiger partial charge in [-0.3, -0.25) is 47.9 Å². The molecule has 2 aromatic carbocycles. The van der Waals surface area contributed by atoms with Crippen LogP contribution in [0.15, 0.2) is 54.6 Å². The number of nitrogens with two attached hydrogens (primary N) is 2. The van der Waals surface area contributed by atoms with E-state index in [1.165, 1.54) is 30.8 Å². The molecule has 0 unspecified atom stereocenters. The topological polar surface area (TPSA) is 392 Å². The molecule has 0 aliphatic rings. The summed E-state index contributed by atoms with van der Waals surface area (Å²) in [4.78, 5) is 134. The summed E-state index contributed by atoms with van der Waals surface area (Å²) in [5.41, 5.74) is 13.8. The molecule has 0 aliphatic heterocycles. The second-order valence-electron chi connectivity index (χ2n) is 25.7. The fourth-order valence-electron chi connectivity index (χ4n) is 10.8. The molecule has 0 fully saturated rings. The highest BCUT2D eigenvalue weighted by Crippen LogP contribution is 2.18. The molecule has 0 saturated carbocycles. The Kier molecular flexibility index (Phi) is 41.7. The molecule has 0 spiro atoms. The molecule has 0 radical (unpaired) electrons. The third kappa shape index (κ3) is 37.7. The predicted molar refractivity (Wildman–Crippen MR) is 371 cm³/mol. The lowest BCUT2D eigenvalue weighted by molar-refractivity contribution is -0.128. The summed E-state index contributed by atoms with van der Waals surface area (Å²) in [6, 6.07) is 9.08. The Morgan fingerprint density at radius 3 is 1.51 bits per heavy atom. The lowest BCUT2D eigenvalue weighted by Crippen LogP contribution is -2.50. The van der Waals surface area contributed by atoms with Gasteiger partial charge in [0.1, 0.15) is 5.75 Å². The molecule has 0 aromatic heterocycles. The number of carbonyl (C=O) groups is 10. The summed E-state index contributed by atoms with van der Waals surface area (Å²) >= 11 is 2.77. The van der Waals surface area contributed by atoms with E-state index in [2.05, 4.69) is 47.9 Å². The van der Waals surface area contributed by atoms with Gasteiger partial charge in [0.05, 0.1) is 24.8 Å². The van der Waals surface area contributed by atoms with E-state index in [1.54, 1.807) is 30.8 Å². The van der Waals surface area contributed by atoms with E-state index in [4.69, 9.17) is 11.5 Å². The number of hydrogen-bond acceptors (Lipinski definition) is 17. The van der Waals surface area contributed by atoms with Gasteiger partial charge >= 0.3 is 0 Å². The van der Waals surface area contributed by atoms with Crippen LogP contribution in [0.2, 0.25) is 0 Å². The molecular formula is C68H113N11O13S2. The molecule has 0 saturated heterocycles. The number of nitrogens with one attached hydrogen (secondary N) is 9. The molecule has 0 heterocycles. The highest BCUT2D eigenvalue weighted by Gasteiger charge is 2.31. The molecule has 9 amide bonds. The van der Waals surface area contributed by atoms with Crippen molar-refractivity contribution in [1.82, 2.24) is 47.9 Å². The zero-order valence-corrected chi connectivity index (χ0v) is 58.9. The van der Waals surface area contributed by atoms with Crippen molar-refractivity contribution < 1.29 is 63.3 Å². The van der Waals surface area contributed by atoms with Crippen molar-refractivity contribution in [2.75, 3.05) is 30.9 Å². The molecule has 0 aliphatic carbocycles. The van der Waals surface area contributed by atoms with Gasteiger partial charge in [-0.25, -0.2) is 0 Å².